The van der Waals surface area contributed by atoms with Crippen LogP contribution in [0.1, 0.15) is 37.7 Å². The summed E-state index contributed by atoms with van der Waals surface area (Å²) >= 11 is 0. The summed E-state index contributed by atoms with van der Waals surface area (Å²) in [6.45, 7) is 9.83. The third kappa shape index (κ3) is 5.39. The Balaban J connectivity index is 2.06. The van der Waals surface area contributed by atoms with Gasteiger partial charge in [-0.3, -0.25) is 0 Å². The number of benzene rings is 1. The summed E-state index contributed by atoms with van der Waals surface area (Å²) < 4.78 is 5.54. The molecule has 1 heterocycles. The zero-order valence-corrected chi connectivity index (χ0v) is 13.6. The van der Waals surface area contributed by atoms with Crippen LogP contribution >= 0.6 is 0 Å². The van der Waals surface area contributed by atoms with Gasteiger partial charge in [0.05, 0.1) is 6.26 Å². The molecule has 0 aliphatic heterocycles. The summed E-state index contributed by atoms with van der Waals surface area (Å²) in [4.78, 5) is 0. The molecule has 2 nitrogen and oxygen atoms in total. The monoisotopic (exact) mass is 285 g/mol. The second-order valence-electron chi connectivity index (χ2n) is 6.91. The molecular formula is C19H27NO. The lowest BCUT2D eigenvalue weighted by molar-refractivity contribution is 0.351. The standard InChI is InChI=1S/C19H27NO/c1-15-8-5-6-9-17(15)12-16(14-20-19(2,3)4)13-18-10-7-11-21-18/h5-11,16,20H,12-14H2,1-4H3. The van der Waals surface area contributed by atoms with Gasteiger partial charge in [-0.15, -0.1) is 0 Å². The molecule has 0 aliphatic rings. The molecule has 0 bridgehead atoms. The van der Waals surface area contributed by atoms with Crippen LogP contribution in [0.2, 0.25) is 0 Å². The summed E-state index contributed by atoms with van der Waals surface area (Å²) in [5, 5.41) is 3.63. The van der Waals surface area contributed by atoms with Crippen molar-refractivity contribution in [2.75, 3.05) is 6.54 Å². The van der Waals surface area contributed by atoms with Gasteiger partial charge in [0.2, 0.25) is 0 Å². The minimum absolute atomic E-state index is 0.146. The third-order valence-electron chi connectivity index (χ3n) is 3.76. The summed E-state index contributed by atoms with van der Waals surface area (Å²) in [6.07, 6.45) is 3.82. The molecule has 0 amide bonds. The maximum Gasteiger partial charge on any atom is 0.104 e. The van der Waals surface area contributed by atoms with Crippen molar-refractivity contribution in [3.63, 3.8) is 0 Å². The molecule has 2 aromatic rings. The van der Waals surface area contributed by atoms with E-state index in [9.17, 15) is 0 Å². The number of aryl methyl sites for hydroxylation is 1. The Hall–Kier alpha value is -1.54. The number of hydrogen-bond acceptors (Lipinski definition) is 2. The van der Waals surface area contributed by atoms with Crippen LogP contribution < -0.4 is 5.32 Å². The molecule has 1 aromatic heterocycles. The van der Waals surface area contributed by atoms with E-state index in [0.29, 0.717) is 5.92 Å². The second-order valence-corrected chi connectivity index (χ2v) is 6.91. The van der Waals surface area contributed by atoms with Crippen LogP contribution in [-0.4, -0.2) is 12.1 Å². The highest BCUT2D eigenvalue weighted by molar-refractivity contribution is 5.26. The van der Waals surface area contributed by atoms with E-state index in [1.807, 2.05) is 6.07 Å². The lowest BCUT2D eigenvalue weighted by Crippen LogP contribution is -2.40. The van der Waals surface area contributed by atoms with Crippen molar-refractivity contribution in [1.82, 2.24) is 5.32 Å². The summed E-state index contributed by atoms with van der Waals surface area (Å²) in [6, 6.07) is 12.7. The number of furan rings is 1. The van der Waals surface area contributed by atoms with Crippen molar-refractivity contribution >= 4 is 0 Å². The first-order valence-electron chi connectivity index (χ1n) is 7.76. The quantitative estimate of drug-likeness (QED) is 0.852. The highest BCUT2D eigenvalue weighted by Gasteiger charge is 2.17. The fourth-order valence-electron chi connectivity index (χ4n) is 2.53. The second kappa shape index (κ2) is 6.95. The molecule has 114 valence electrons. The molecule has 0 fully saturated rings. The molecule has 0 aliphatic carbocycles. The van der Waals surface area contributed by atoms with Crippen molar-refractivity contribution in [3.05, 3.63) is 59.5 Å². The van der Waals surface area contributed by atoms with Gasteiger partial charge in [0.1, 0.15) is 5.76 Å². The van der Waals surface area contributed by atoms with Crippen LogP contribution in [0.4, 0.5) is 0 Å². The van der Waals surface area contributed by atoms with E-state index in [4.69, 9.17) is 4.42 Å². The van der Waals surface area contributed by atoms with Gasteiger partial charge >= 0.3 is 0 Å². The van der Waals surface area contributed by atoms with Gasteiger partial charge < -0.3 is 9.73 Å². The average molecular weight is 285 g/mol. The Morgan fingerprint density at radius 2 is 1.81 bits per heavy atom. The lowest BCUT2D eigenvalue weighted by atomic mass is 9.92. The van der Waals surface area contributed by atoms with Crippen molar-refractivity contribution in [3.8, 4) is 0 Å². The van der Waals surface area contributed by atoms with Crippen molar-refractivity contribution in [2.45, 2.75) is 46.1 Å². The summed E-state index contributed by atoms with van der Waals surface area (Å²) in [7, 11) is 0. The average Bonchev–Trinajstić information content (AvgIpc) is 2.90. The molecule has 2 rings (SSSR count). The molecule has 0 radical (unpaired) electrons. The fourth-order valence-corrected chi connectivity index (χ4v) is 2.53. The molecule has 0 saturated heterocycles. The first-order chi connectivity index (χ1) is 9.94. The fraction of sp³-hybridized carbons (Fsp3) is 0.474. The van der Waals surface area contributed by atoms with Crippen LogP contribution in [-0.2, 0) is 12.8 Å². The van der Waals surface area contributed by atoms with E-state index >= 15 is 0 Å². The van der Waals surface area contributed by atoms with Gasteiger partial charge in [-0.2, -0.15) is 0 Å². The van der Waals surface area contributed by atoms with E-state index in [1.54, 1.807) is 6.26 Å². The molecule has 1 aromatic carbocycles. The number of nitrogens with one attached hydrogen (secondary N) is 1. The normalized spacial score (nSPS) is 13.3. The Bertz CT molecular complexity index is 537. The van der Waals surface area contributed by atoms with Crippen molar-refractivity contribution < 1.29 is 4.42 Å². The lowest BCUT2D eigenvalue weighted by Gasteiger charge is -2.25. The molecule has 1 unspecified atom stereocenters. The SMILES string of the molecule is Cc1ccccc1CC(CNC(C)(C)C)Cc1ccco1. The van der Waals surface area contributed by atoms with Crippen LogP contribution in [0.5, 0.6) is 0 Å². The largest absolute Gasteiger partial charge is 0.469 e. The molecule has 0 saturated carbocycles. The topological polar surface area (TPSA) is 25.2 Å². The van der Waals surface area contributed by atoms with Crippen LogP contribution in [0.3, 0.4) is 0 Å². The zero-order chi connectivity index (χ0) is 15.3. The summed E-state index contributed by atoms with van der Waals surface area (Å²) in [5.74, 6) is 1.61. The first-order valence-corrected chi connectivity index (χ1v) is 7.76. The Morgan fingerprint density at radius 1 is 1.05 bits per heavy atom. The summed E-state index contributed by atoms with van der Waals surface area (Å²) in [5.41, 5.74) is 2.95. The van der Waals surface area contributed by atoms with E-state index in [-0.39, 0.29) is 5.54 Å². The smallest absolute Gasteiger partial charge is 0.104 e. The molecule has 1 atom stereocenters. The molecule has 2 heteroatoms. The number of hydrogen-bond donors (Lipinski definition) is 1. The highest BCUT2D eigenvalue weighted by atomic mass is 16.3. The van der Waals surface area contributed by atoms with Crippen LogP contribution in [0.25, 0.3) is 0 Å². The molecule has 21 heavy (non-hydrogen) atoms. The predicted octanol–water partition coefficient (Wildman–Crippen LogP) is 4.38. The van der Waals surface area contributed by atoms with Gasteiger partial charge in [-0.1, -0.05) is 24.3 Å². The van der Waals surface area contributed by atoms with Crippen molar-refractivity contribution in [1.29, 1.82) is 0 Å². The van der Waals surface area contributed by atoms with E-state index in [2.05, 4.69) is 63.3 Å². The van der Waals surface area contributed by atoms with E-state index in [0.717, 1.165) is 25.1 Å². The van der Waals surface area contributed by atoms with Gasteiger partial charge in [-0.05, 0) is 69.8 Å². The first kappa shape index (κ1) is 15.8. The van der Waals surface area contributed by atoms with Crippen LogP contribution in [0, 0.1) is 12.8 Å². The third-order valence-corrected chi connectivity index (χ3v) is 3.76. The maximum atomic E-state index is 5.54. The molecule has 1 N–H and O–H groups in total. The highest BCUT2D eigenvalue weighted by Crippen LogP contribution is 2.18. The van der Waals surface area contributed by atoms with Gasteiger partial charge in [0.25, 0.3) is 0 Å². The minimum atomic E-state index is 0.146. The maximum absolute atomic E-state index is 5.54. The Labute approximate surface area is 128 Å². The molecule has 0 spiro atoms. The van der Waals surface area contributed by atoms with E-state index < -0.39 is 0 Å². The number of rotatable bonds is 6. The van der Waals surface area contributed by atoms with Gasteiger partial charge in [-0.25, -0.2) is 0 Å². The van der Waals surface area contributed by atoms with Gasteiger partial charge in [0, 0.05) is 12.0 Å². The van der Waals surface area contributed by atoms with Crippen LogP contribution in [0.15, 0.2) is 47.1 Å². The van der Waals surface area contributed by atoms with Gasteiger partial charge in [0.15, 0.2) is 0 Å². The van der Waals surface area contributed by atoms with Crippen molar-refractivity contribution in [2.24, 2.45) is 5.92 Å². The Morgan fingerprint density at radius 3 is 2.43 bits per heavy atom. The minimum Gasteiger partial charge on any atom is -0.469 e. The predicted molar refractivity (Wildman–Crippen MR) is 88.5 cm³/mol. The Kier molecular flexibility index (Phi) is 5.24. The molecular weight excluding hydrogens is 258 g/mol. The van der Waals surface area contributed by atoms with E-state index in [1.165, 1.54) is 11.1 Å². The zero-order valence-electron chi connectivity index (χ0n) is 13.6.